The van der Waals surface area contributed by atoms with Gasteiger partial charge in [0.05, 0.1) is 16.1 Å². The van der Waals surface area contributed by atoms with Crippen molar-refractivity contribution in [2.45, 2.75) is 4.90 Å². The molecule has 1 N–H and O–H groups in total. The Morgan fingerprint density at radius 2 is 1.27 bits per heavy atom. The Kier molecular flexibility index (Phi) is 6.41. The summed E-state index contributed by atoms with van der Waals surface area (Å²) in [6.07, 6.45) is 0. The second kappa shape index (κ2) is 9.41. The molecule has 0 bridgehead atoms. The molecule has 0 aromatic heterocycles. The quantitative estimate of drug-likeness (QED) is 0.624. The maximum absolute atomic E-state index is 13.2. The zero-order chi connectivity index (χ0) is 23.4. The van der Waals surface area contributed by atoms with Crippen molar-refractivity contribution in [1.82, 2.24) is 9.80 Å². The molecule has 1 saturated heterocycles. The molecule has 170 valence electrons. The van der Waals surface area contributed by atoms with E-state index in [1.165, 1.54) is 6.07 Å². The highest BCUT2D eigenvalue weighted by molar-refractivity contribution is 7.92. The zero-order valence-corrected chi connectivity index (χ0v) is 18.5. The van der Waals surface area contributed by atoms with Gasteiger partial charge in [0.2, 0.25) is 0 Å². The third-order valence-electron chi connectivity index (χ3n) is 5.40. The summed E-state index contributed by atoms with van der Waals surface area (Å²) in [6.45, 7) is 1.42. The van der Waals surface area contributed by atoms with Crippen LogP contribution in [0.4, 0.5) is 10.1 Å². The summed E-state index contributed by atoms with van der Waals surface area (Å²) in [4.78, 5) is 29.0. The number of hydrogen-bond acceptors (Lipinski definition) is 4. The summed E-state index contributed by atoms with van der Waals surface area (Å²) >= 11 is 0. The molecule has 1 aliphatic rings. The monoisotopic (exact) mass is 467 g/mol. The Morgan fingerprint density at radius 3 is 1.91 bits per heavy atom. The van der Waals surface area contributed by atoms with Crippen LogP contribution in [0.5, 0.6) is 0 Å². The standard InChI is InChI=1S/C24H22FN3O4S/c25-19-10-12-20(13-11-19)33(31,32)26-22-9-5-4-8-21(22)24(30)28-16-14-27(15-17-28)23(29)18-6-2-1-3-7-18/h1-13,26H,14-17H2. The summed E-state index contributed by atoms with van der Waals surface area (Å²) in [7, 11) is -4.01. The van der Waals surface area contributed by atoms with Crippen LogP contribution < -0.4 is 4.72 Å². The third-order valence-corrected chi connectivity index (χ3v) is 6.78. The van der Waals surface area contributed by atoms with Crippen LogP contribution >= 0.6 is 0 Å². The Hall–Kier alpha value is -3.72. The Balaban J connectivity index is 1.47. The van der Waals surface area contributed by atoms with Gasteiger partial charge in [-0.3, -0.25) is 14.3 Å². The lowest BCUT2D eigenvalue weighted by molar-refractivity contribution is 0.0536. The number of sulfonamides is 1. The van der Waals surface area contributed by atoms with Gasteiger partial charge in [0.1, 0.15) is 5.82 Å². The lowest BCUT2D eigenvalue weighted by Crippen LogP contribution is -2.50. The van der Waals surface area contributed by atoms with Gasteiger partial charge in [-0.2, -0.15) is 0 Å². The number of carbonyl (C=O) groups excluding carboxylic acids is 2. The maximum atomic E-state index is 13.2. The van der Waals surface area contributed by atoms with E-state index in [1.807, 2.05) is 6.07 Å². The number of carbonyl (C=O) groups is 2. The predicted octanol–water partition coefficient (Wildman–Crippen LogP) is 3.22. The number of benzene rings is 3. The van der Waals surface area contributed by atoms with Gasteiger partial charge in [-0.15, -0.1) is 0 Å². The third kappa shape index (κ3) is 5.04. The van der Waals surface area contributed by atoms with Crippen molar-refractivity contribution >= 4 is 27.5 Å². The molecule has 1 fully saturated rings. The van der Waals surface area contributed by atoms with Gasteiger partial charge in [0, 0.05) is 31.7 Å². The van der Waals surface area contributed by atoms with Gasteiger partial charge >= 0.3 is 0 Å². The molecular formula is C24H22FN3O4S. The van der Waals surface area contributed by atoms with Crippen LogP contribution in [0.1, 0.15) is 20.7 Å². The first kappa shape index (κ1) is 22.5. The van der Waals surface area contributed by atoms with Crippen LogP contribution in [0, 0.1) is 5.82 Å². The topological polar surface area (TPSA) is 86.8 Å². The van der Waals surface area contributed by atoms with E-state index >= 15 is 0 Å². The molecule has 7 nitrogen and oxygen atoms in total. The van der Waals surface area contributed by atoms with Gasteiger partial charge in [0.15, 0.2) is 0 Å². The first-order chi connectivity index (χ1) is 15.8. The minimum Gasteiger partial charge on any atom is -0.335 e. The van der Waals surface area contributed by atoms with E-state index in [0.717, 1.165) is 24.3 Å². The first-order valence-electron chi connectivity index (χ1n) is 10.4. The van der Waals surface area contributed by atoms with Crippen molar-refractivity contribution in [3.63, 3.8) is 0 Å². The second-order valence-electron chi connectivity index (χ2n) is 7.56. The number of amides is 2. The number of nitrogens with one attached hydrogen (secondary N) is 1. The Bertz CT molecular complexity index is 1260. The Morgan fingerprint density at radius 1 is 0.727 bits per heavy atom. The van der Waals surface area contributed by atoms with E-state index in [2.05, 4.69) is 4.72 Å². The fourth-order valence-electron chi connectivity index (χ4n) is 3.62. The number of rotatable bonds is 5. The summed E-state index contributed by atoms with van der Waals surface area (Å²) in [5.74, 6) is -0.969. The van der Waals surface area contributed by atoms with Crippen LogP contribution in [0.25, 0.3) is 0 Å². The Labute approximate surface area is 191 Å². The molecule has 4 rings (SSSR count). The highest BCUT2D eigenvalue weighted by atomic mass is 32.2. The number of hydrogen-bond donors (Lipinski definition) is 1. The summed E-state index contributed by atoms with van der Waals surface area (Å²) < 4.78 is 41.0. The fourth-order valence-corrected chi connectivity index (χ4v) is 4.70. The zero-order valence-electron chi connectivity index (χ0n) is 17.6. The molecule has 2 amide bonds. The van der Waals surface area contributed by atoms with E-state index < -0.39 is 15.8 Å². The van der Waals surface area contributed by atoms with Crippen molar-refractivity contribution in [1.29, 1.82) is 0 Å². The highest BCUT2D eigenvalue weighted by Crippen LogP contribution is 2.22. The molecule has 9 heteroatoms. The SMILES string of the molecule is O=C(c1ccccc1)N1CCN(C(=O)c2ccccc2NS(=O)(=O)c2ccc(F)cc2)CC1. The molecule has 0 unspecified atom stereocenters. The largest absolute Gasteiger partial charge is 0.335 e. The first-order valence-corrected chi connectivity index (χ1v) is 11.8. The number of halogens is 1. The number of para-hydroxylation sites is 1. The molecule has 0 atom stereocenters. The van der Waals surface area contributed by atoms with Crippen molar-refractivity contribution in [2.75, 3.05) is 30.9 Å². The number of piperazine rings is 1. The minimum atomic E-state index is -4.01. The van der Waals surface area contributed by atoms with Crippen LogP contribution in [-0.2, 0) is 10.0 Å². The molecule has 0 spiro atoms. The van der Waals surface area contributed by atoms with Gasteiger partial charge in [0.25, 0.3) is 21.8 Å². The molecule has 1 heterocycles. The average Bonchev–Trinajstić information content (AvgIpc) is 2.84. The molecule has 3 aromatic carbocycles. The highest BCUT2D eigenvalue weighted by Gasteiger charge is 2.27. The number of anilines is 1. The maximum Gasteiger partial charge on any atom is 0.261 e. The second-order valence-corrected chi connectivity index (χ2v) is 9.24. The molecule has 3 aromatic rings. The lowest BCUT2D eigenvalue weighted by Gasteiger charge is -2.35. The van der Waals surface area contributed by atoms with Crippen molar-refractivity contribution < 1.29 is 22.4 Å². The van der Waals surface area contributed by atoms with Crippen molar-refractivity contribution in [3.05, 3.63) is 95.8 Å². The van der Waals surface area contributed by atoms with Crippen LogP contribution in [0.3, 0.4) is 0 Å². The van der Waals surface area contributed by atoms with E-state index in [4.69, 9.17) is 0 Å². The summed E-state index contributed by atoms with van der Waals surface area (Å²) in [6, 6.07) is 19.7. The van der Waals surface area contributed by atoms with Crippen LogP contribution in [-0.4, -0.2) is 56.2 Å². The normalized spacial score (nSPS) is 14.1. The van der Waals surface area contributed by atoms with Crippen LogP contribution in [0.2, 0.25) is 0 Å². The lowest BCUT2D eigenvalue weighted by atomic mass is 10.1. The van der Waals surface area contributed by atoms with E-state index in [0.29, 0.717) is 31.7 Å². The number of nitrogens with zero attached hydrogens (tertiary/aromatic N) is 2. The molecule has 1 aliphatic heterocycles. The summed E-state index contributed by atoms with van der Waals surface area (Å²) in [5.41, 5.74) is 0.929. The molecule has 0 saturated carbocycles. The molecule has 0 aliphatic carbocycles. The van der Waals surface area contributed by atoms with Gasteiger partial charge < -0.3 is 9.80 Å². The van der Waals surface area contributed by atoms with E-state index in [9.17, 15) is 22.4 Å². The van der Waals surface area contributed by atoms with Gasteiger partial charge in [-0.05, 0) is 48.5 Å². The predicted molar refractivity (Wildman–Crippen MR) is 122 cm³/mol. The summed E-state index contributed by atoms with van der Waals surface area (Å²) in [5, 5.41) is 0. The fraction of sp³-hybridized carbons (Fsp3) is 0.167. The smallest absolute Gasteiger partial charge is 0.261 e. The molecule has 0 radical (unpaired) electrons. The van der Waals surface area contributed by atoms with Gasteiger partial charge in [-0.1, -0.05) is 30.3 Å². The molecular weight excluding hydrogens is 445 g/mol. The van der Waals surface area contributed by atoms with Crippen molar-refractivity contribution in [3.8, 4) is 0 Å². The van der Waals surface area contributed by atoms with Crippen LogP contribution in [0.15, 0.2) is 83.8 Å². The van der Waals surface area contributed by atoms with Gasteiger partial charge in [-0.25, -0.2) is 12.8 Å². The average molecular weight is 468 g/mol. The molecule has 33 heavy (non-hydrogen) atoms. The van der Waals surface area contributed by atoms with E-state index in [-0.39, 0.29) is 28.0 Å². The van der Waals surface area contributed by atoms with Crippen molar-refractivity contribution in [2.24, 2.45) is 0 Å². The minimum absolute atomic E-state index is 0.0878. The van der Waals surface area contributed by atoms with E-state index in [1.54, 1.807) is 52.3 Å².